The van der Waals surface area contributed by atoms with Crippen LogP contribution in [0.4, 0.5) is 0 Å². The number of ether oxygens (including phenoxy) is 1. The third kappa shape index (κ3) is 4.83. The lowest BCUT2D eigenvalue weighted by atomic mass is 9.86. The maximum Gasteiger partial charge on any atom is 0.303 e. The number of aliphatic carboxylic acids is 1. The molecule has 1 aromatic rings. The fraction of sp³-hybridized carbons (Fsp3) is 0.542. The molecule has 2 aliphatic rings. The number of hydrogen-bond acceptors (Lipinski definition) is 4. The van der Waals surface area contributed by atoms with Crippen LogP contribution in [0.3, 0.4) is 0 Å². The first-order valence-electron chi connectivity index (χ1n) is 11.6. The topological polar surface area (TPSA) is 87.0 Å². The van der Waals surface area contributed by atoms with Gasteiger partial charge in [-0.2, -0.15) is 0 Å². The fourth-order valence-corrected chi connectivity index (χ4v) is 4.30. The molecule has 0 radical (unpaired) electrons. The van der Waals surface area contributed by atoms with Crippen molar-refractivity contribution in [2.75, 3.05) is 0 Å². The average molecular weight is 402 g/mol. The Morgan fingerprint density at radius 1 is 1.48 bits per heavy atom. The number of aliphatic hydroxyl groups is 2. The van der Waals surface area contributed by atoms with Gasteiger partial charge in [0.05, 0.1) is 12.2 Å². The molecule has 0 saturated heterocycles. The van der Waals surface area contributed by atoms with E-state index in [1.165, 1.54) is 6.08 Å². The SMILES string of the molecule is [2H]C([2H])([2H])C(CC#CC)[C@H](O)/C=C/[C@@H]1[C@H]2c3cccc(CCCC(=O)O)c3O[C@H]2C[C@H]1O. The van der Waals surface area contributed by atoms with Gasteiger partial charge in [-0.25, -0.2) is 0 Å². The Labute approximate surface area is 176 Å². The molecule has 1 aliphatic carbocycles. The Hall–Kier alpha value is -2.29. The van der Waals surface area contributed by atoms with Gasteiger partial charge in [-0.3, -0.25) is 4.79 Å². The van der Waals surface area contributed by atoms with E-state index >= 15 is 0 Å². The molecule has 1 unspecified atom stereocenters. The van der Waals surface area contributed by atoms with Crippen molar-refractivity contribution in [1.29, 1.82) is 0 Å². The van der Waals surface area contributed by atoms with Crippen LogP contribution in [-0.4, -0.2) is 39.6 Å². The minimum atomic E-state index is -2.35. The molecule has 156 valence electrons. The van der Waals surface area contributed by atoms with Gasteiger partial charge >= 0.3 is 5.97 Å². The van der Waals surface area contributed by atoms with E-state index in [1.807, 2.05) is 18.2 Å². The van der Waals surface area contributed by atoms with Crippen molar-refractivity contribution < 1.29 is 29.0 Å². The highest BCUT2D eigenvalue weighted by molar-refractivity contribution is 5.66. The van der Waals surface area contributed by atoms with Gasteiger partial charge in [0.2, 0.25) is 0 Å². The molecule has 0 bridgehead atoms. The van der Waals surface area contributed by atoms with E-state index in [0.29, 0.717) is 19.3 Å². The van der Waals surface area contributed by atoms with Crippen LogP contribution < -0.4 is 4.74 Å². The van der Waals surface area contributed by atoms with Gasteiger partial charge < -0.3 is 20.1 Å². The lowest BCUT2D eigenvalue weighted by molar-refractivity contribution is -0.137. The molecule has 1 aliphatic heterocycles. The maximum absolute atomic E-state index is 10.8. The van der Waals surface area contributed by atoms with Crippen LogP contribution >= 0.6 is 0 Å². The van der Waals surface area contributed by atoms with Crippen molar-refractivity contribution in [3.05, 3.63) is 41.5 Å². The summed E-state index contributed by atoms with van der Waals surface area (Å²) in [5.41, 5.74) is 1.92. The number of carbonyl (C=O) groups is 1. The second-order valence-corrected chi connectivity index (χ2v) is 7.76. The van der Waals surface area contributed by atoms with E-state index in [0.717, 1.165) is 16.9 Å². The summed E-state index contributed by atoms with van der Waals surface area (Å²) >= 11 is 0. The van der Waals surface area contributed by atoms with E-state index in [9.17, 15) is 15.0 Å². The minimum absolute atomic E-state index is 0.0590. The van der Waals surface area contributed by atoms with Gasteiger partial charge in [0.15, 0.2) is 0 Å². The number of aliphatic hydroxyl groups excluding tert-OH is 2. The van der Waals surface area contributed by atoms with Crippen LogP contribution in [0.2, 0.25) is 0 Å². The molecule has 5 heteroatoms. The van der Waals surface area contributed by atoms with Crippen molar-refractivity contribution in [2.45, 2.75) is 70.1 Å². The zero-order valence-corrected chi connectivity index (χ0v) is 16.5. The van der Waals surface area contributed by atoms with E-state index < -0.39 is 30.9 Å². The number of carboxylic acids is 1. The molecular formula is C24H30O5. The largest absolute Gasteiger partial charge is 0.489 e. The van der Waals surface area contributed by atoms with E-state index in [4.69, 9.17) is 14.0 Å². The Bertz CT molecular complexity index is 914. The van der Waals surface area contributed by atoms with Crippen molar-refractivity contribution in [2.24, 2.45) is 11.8 Å². The highest BCUT2D eigenvalue weighted by Crippen LogP contribution is 2.52. The number of para-hydroxylation sites is 1. The lowest BCUT2D eigenvalue weighted by Gasteiger charge is -2.19. The second kappa shape index (κ2) is 9.47. The van der Waals surface area contributed by atoms with Crippen LogP contribution in [0.1, 0.15) is 60.6 Å². The van der Waals surface area contributed by atoms with Gasteiger partial charge in [-0.05, 0) is 31.2 Å². The van der Waals surface area contributed by atoms with Crippen LogP contribution in [0.5, 0.6) is 5.75 Å². The second-order valence-electron chi connectivity index (χ2n) is 7.76. The molecule has 29 heavy (non-hydrogen) atoms. The van der Waals surface area contributed by atoms with Crippen molar-refractivity contribution >= 4 is 5.97 Å². The van der Waals surface area contributed by atoms with Gasteiger partial charge in [-0.15, -0.1) is 11.8 Å². The summed E-state index contributed by atoms with van der Waals surface area (Å²) < 4.78 is 29.3. The highest BCUT2D eigenvalue weighted by Gasteiger charge is 2.48. The molecule has 1 fully saturated rings. The quantitative estimate of drug-likeness (QED) is 0.460. The first kappa shape index (κ1) is 17.6. The normalized spacial score (nSPS) is 28.9. The third-order valence-corrected chi connectivity index (χ3v) is 5.77. The predicted octanol–water partition coefficient (Wildman–Crippen LogP) is 3.29. The molecule has 0 amide bonds. The molecule has 3 N–H and O–H groups in total. The Morgan fingerprint density at radius 2 is 2.31 bits per heavy atom. The molecule has 1 saturated carbocycles. The van der Waals surface area contributed by atoms with Gasteiger partial charge in [0.25, 0.3) is 0 Å². The minimum Gasteiger partial charge on any atom is -0.489 e. The Morgan fingerprint density at radius 3 is 3.03 bits per heavy atom. The first-order valence-corrected chi connectivity index (χ1v) is 10.1. The maximum atomic E-state index is 10.8. The summed E-state index contributed by atoms with van der Waals surface area (Å²) in [6.07, 6.45) is 2.79. The van der Waals surface area contributed by atoms with Gasteiger partial charge in [-0.1, -0.05) is 37.2 Å². The number of carboxylic acid groups (broad SMARTS) is 1. The summed E-state index contributed by atoms with van der Waals surface area (Å²) in [5, 5.41) is 30.1. The number of hydrogen-bond donors (Lipinski definition) is 3. The summed E-state index contributed by atoms with van der Waals surface area (Å²) in [6, 6.07) is 5.80. The zero-order valence-electron chi connectivity index (χ0n) is 19.5. The van der Waals surface area contributed by atoms with E-state index in [2.05, 4.69) is 11.8 Å². The molecular weight excluding hydrogens is 368 g/mol. The summed E-state index contributed by atoms with van der Waals surface area (Å²) in [6.45, 7) is -0.723. The third-order valence-electron chi connectivity index (χ3n) is 5.77. The summed E-state index contributed by atoms with van der Waals surface area (Å²) in [5.74, 6) is 3.91. The number of fused-ring (bicyclic) bond motifs is 3. The molecule has 3 rings (SSSR count). The summed E-state index contributed by atoms with van der Waals surface area (Å²) in [7, 11) is 0. The van der Waals surface area contributed by atoms with E-state index in [1.54, 1.807) is 13.0 Å². The zero-order chi connectivity index (χ0) is 23.5. The standard InChI is InChI=1S/C24H30O5/c1-3-4-7-15(2)19(25)13-12-17-20(26)14-21-23(17)18-10-5-8-16(24(18)29-21)9-6-11-22(27)28/h5,8,10,12-13,15,17,19-21,23,25-26H,6-7,9,11,14H2,1-2H3,(H,27,28)/b13-12+/t15?,17-,19+,20+,21-,23-/m0/s1/i2D3. The van der Waals surface area contributed by atoms with Crippen LogP contribution in [0.15, 0.2) is 30.4 Å². The van der Waals surface area contributed by atoms with Crippen LogP contribution in [0.25, 0.3) is 0 Å². The average Bonchev–Trinajstić information content (AvgIpc) is 3.20. The molecule has 0 aromatic heterocycles. The van der Waals surface area contributed by atoms with E-state index in [-0.39, 0.29) is 30.8 Å². The lowest BCUT2D eigenvalue weighted by Crippen LogP contribution is -2.19. The van der Waals surface area contributed by atoms with Crippen molar-refractivity contribution in [3.8, 4) is 17.6 Å². The number of rotatable bonds is 8. The monoisotopic (exact) mass is 401 g/mol. The van der Waals surface area contributed by atoms with Crippen molar-refractivity contribution in [3.63, 3.8) is 0 Å². The smallest absolute Gasteiger partial charge is 0.303 e. The molecule has 5 nitrogen and oxygen atoms in total. The van der Waals surface area contributed by atoms with Gasteiger partial charge in [0.1, 0.15) is 11.9 Å². The molecule has 1 aromatic carbocycles. The Balaban J connectivity index is 1.79. The van der Waals surface area contributed by atoms with Crippen LogP contribution in [-0.2, 0) is 11.2 Å². The highest BCUT2D eigenvalue weighted by atomic mass is 16.5. The van der Waals surface area contributed by atoms with Gasteiger partial charge in [0, 0.05) is 40.8 Å². The molecule has 0 spiro atoms. The number of aryl methyl sites for hydroxylation is 1. The predicted molar refractivity (Wildman–Crippen MR) is 111 cm³/mol. The Kier molecular flexibility index (Phi) is 5.73. The fourth-order valence-electron chi connectivity index (χ4n) is 4.30. The molecule has 1 heterocycles. The molecule has 6 atom stereocenters. The first-order chi connectivity index (χ1) is 15.1. The van der Waals surface area contributed by atoms with Crippen molar-refractivity contribution in [1.82, 2.24) is 0 Å². The number of benzene rings is 1. The van der Waals surface area contributed by atoms with Crippen LogP contribution in [0, 0.1) is 23.7 Å². The summed E-state index contributed by atoms with van der Waals surface area (Å²) in [4.78, 5) is 10.8.